The van der Waals surface area contributed by atoms with Crippen LogP contribution in [0.1, 0.15) is 24.2 Å². The van der Waals surface area contributed by atoms with Crippen LogP contribution in [-0.4, -0.2) is 62.6 Å². The van der Waals surface area contributed by atoms with E-state index in [1.807, 2.05) is 63.2 Å². The average Bonchev–Trinajstić information content (AvgIpc) is 3.16. The molecule has 0 radical (unpaired) electrons. The van der Waals surface area contributed by atoms with Gasteiger partial charge in [-0.3, -0.25) is 14.6 Å². The van der Waals surface area contributed by atoms with Crippen LogP contribution < -0.4 is 20.3 Å². The molecule has 2 aromatic carbocycles. The van der Waals surface area contributed by atoms with Crippen LogP contribution in [0.5, 0.6) is 5.75 Å². The van der Waals surface area contributed by atoms with Gasteiger partial charge >= 0.3 is 5.97 Å². The highest BCUT2D eigenvalue weighted by Crippen LogP contribution is 2.45. The number of nitrogens with zero attached hydrogens (tertiary/aromatic N) is 2. The summed E-state index contributed by atoms with van der Waals surface area (Å²) >= 11 is 6.04. The van der Waals surface area contributed by atoms with Crippen LogP contribution in [0.2, 0.25) is 5.02 Å². The minimum Gasteiger partial charge on any atom is -0.496 e. The largest absolute Gasteiger partial charge is 0.496 e. The Balaban J connectivity index is 2.21. The quantitative estimate of drug-likeness (QED) is 0.480. The molecule has 0 aromatic heterocycles. The predicted octanol–water partition coefficient (Wildman–Crippen LogP) is 3.33. The summed E-state index contributed by atoms with van der Waals surface area (Å²) in [5.74, 6) is -2.57. The SMILES string of the molecule is COCC(C)(C)C1(N(C)C)NC(NC(=O)c2ccc(Cl)cc2OC)=C(C(=O)O)N1c1ccccc1. The lowest BCUT2D eigenvalue weighted by Gasteiger charge is -2.54. The number of hydrogen-bond donors (Lipinski definition) is 3. The second-order valence-corrected chi connectivity index (χ2v) is 9.44. The number of carbonyl (C=O) groups is 2. The Hall–Kier alpha value is -3.27. The minimum atomic E-state index is -1.21. The number of methoxy groups -OCH3 is 2. The van der Waals surface area contributed by atoms with Crippen molar-refractivity contribution >= 4 is 29.2 Å². The third-order valence-corrected chi connectivity index (χ3v) is 6.28. The molecule has 188 valence electrons. The summed E-state index contributed by atoms with van der Waals surface area (Å²) in [5.41, 5.74) is 0.0475. The summed E-state index contributed by atoms with van der Waals surface area (Å²) in [4.78, 5) is 29.6. The molecule has 0 bridgehead atoms. The van der Waals surface area contributed by atoms with Crippen LogP contribution >= 0.6 is 11.6 Å². The van der Waals surface area contributed by atoms with Gasteiger partial charge in [0, 0.05) is 23.2 Å². The van der Waals surface area contributed by atoms with Gasteiger partial charge in [-0.15, -0.1) is 0 Å². The van der Waals surface area contributed by atoms with E-state index in [0.29, 0.717) is 17.3 Å². The van der Waals surface area contributed by atoms with E-state index in [2.05, 4.69) is 10.6 Å². The average molecular weight is 503 g/mol. The van der Waals surface area contributed by atoms with Crippen molar-refractivity contribution in [3.63, 3.8) is 0 Å². The lowest BCUT2D eigenvalue weighted by molar-refractivity contribution is -0.133. The molecule has 1 atom stereocenters. The Morgan fingerprint density at radius 2 is 1.83 bits per heavy atom. The third-order valence-electron chi connectivity index (χ3n) is 6.04. The van der Waals surface area contributed by atoms with Crippen molar-refractivity contribution in [3.8, 4) is 5.75 Å². The van der Waals surface area contributed by atoms with E-state index in [1.54, 1.807) is 18.1 Å². The molecular formula is C25H31ClN4O5. The van der Waals surface area contributed by atoms with Crippen LogP contribution in [0.15, 0.2) is 60.0 Å². The van der Waals surface area contributed by atoms with Gasteiger partial charge in [-0.1, -0.05) is 43.6 Å². The molecule has 0 saturated carbocycles. The van der Waals surface area contributed by atoms with E-state index in [9.17, 15) is 14.7 Å². The number of rotatable bonds is 9. The third kappa shape index (κ3) is 4.67. The lowest BCUT2D eigenvalue weighted by Crippen LogP contribution is -2.72. The Kier molecular flexibility index (Phi) is 7.64. The summed E-state index contributed by atoms with van der Waals surface area (Å²) in [6.07, 6.45) is 0. The number of benzene rings is 2. The molecule has 3 rings (SSSR count). The summed E-state index contributed by atoms with van der Waals surface area (Å²) in [5, 5.41) is 16.9. The van der Waals surface area contributed by atoms with Crippen LogP contribution in [0.3, 0.4) is 0 Å². The Morgan fingerprint density at radius 3 is 2.37 bits per heavy atom. The molecule has 0 spiro atoms. The van der Waals surface area contributed by atoms with Gasteiger partial charge in [-0.05, 0) is 44.4 Å². The smallest absolute Gasteiger partial charge is 0.356 e. The first kappa shape index (κ1) is 26.3. The molecule has 1 amide bonds. The topological polar surface area (TPSA) is 103 Å². The molecule has 10 heteroatoms. The highest BCUT2D eigenvalue weighted by atomic mass is 35.5. The van der Waals surface area contributed by atoms with E-state index in [1.165, 1.54) is 19.2 Å². The normalized spacial score (nSPS) is 18.0. The van der Waals surface area contributed by atoms with E-state index in [-0.39, 0.29) is 22.8 Å². The van der Waals surface area contributed by atoms with Crippen molar-refractivity contribution in [1.29, 1.82) is 0 Å². The van der Waals surface area contributed by atoms with Gasteiger partial charge < -0.3 is 25.2 Å². The van der Waals surface area contributed by atoms with Crippen molar-refractivity contribution in [2.24, 2.45) is 5.41 Å². The predicted molar refractivity (Wildman–Crippen MR) is 134 cm³/mol. The van der Waals surface area contributed by atoms with Crippen molar-refractivity contribution in [3.05, 3.63) is 70.6 Å². The number of amides is 1. The first-order valence-corrected chi connectivity index (χ1v) is 11.3. The zero-order valence-electron chi connectivity index (χ0n) is 20.7. The van der Waals surface area contributed by atoms with Gasteiger partial charge in [0.25, 0.3) is 5.91 Å². The second kappa shape index (κ2) is 10.2. The van der Waals surface area contributed by atoms with Crippen LogP contribution in [-0.2, 0) is 9.53 Å². The van der Waals surface area contributed by atoms with Gasteiger partial charge in [0.15, 0.2) is 11.5 Å². The number of carboxylic acids is 1. The summed E-state index contributed by atoms with van der Waals surface area (Å²) in [6.45, 7) is 4.22. The van der Waals surface area contributed by atoms with Crippen LogP contribution in [0.25, 0.3) is 0 Å². The Labute approximate surface area is 210 Å². The number of para-hydroxylation sites is 1. The number of carbonyl (C=O) groups excluding carboxylic acids is 1. The maximum atomic E-state index is 13.3. The fraction of sp³-hybridized carbons (Fsp3) is 0.360. The van der Waals surface area contributed by atoms with Crippen LogP contribution in [0.4, 0.5) is 5.69 Å². The highest BCUT2D eigenvalue weighted by Gasteiger charge is 2.59. The number of anilines is 1. The monoisotopic (exact) mass is 502 g/mol. The van der Waals surface area contributed by atoms with E-state index in [0.717, 1.165) is 0 Å². The maximum absolute atomic E-state index is 13.3. The first-order chi connectivity index (χ1) is 16.5. The van der Waals surface area contributed by atoms with Gasteiger partial charge in [0.05, 0.1) is 19.3 Å². The fourth-order valence-electron chi connectivity index (χ4n) is 4.63. The lowest BCUT2D eigenvalue weighted by atomic mass is 9.83. The van der Waals surface area contributed by atoms with Gasteiger partial charge in [-0.25, -0.2) is 4.79 Å². The molecule has 0 fully saturated rings. The summed E-state index contributed by atoms with van der Waals surface area (Å²) in [7, 11) is 6.70. The number of aliphatic carboxylic acids is 1. The molecule has 9 nitrogen and oxygen atoms in total. The first-order valence-electron chi connectivity index (χ1n) is 10.9. The molecule has 1 aliphatic heterocycles. The zero-order valence-corrected chi connectivity index (χ0v) is 21.4. The van der Waals surface area contributed by atoms with Crippen molar-refractivity contribution in [2.75, 3.05) is 39.8 Å². The molecule has 0 saturated heterocycles. The van der Waals surface area contributed by atoms with Gasteiger partial charge in [-0.2, -0.15) is 0 Å². The Morgan fingerprint density at radius 1 is 1.17 bits per heavy atom. The highest BCUT2D eigenvalue weighted by molar-refractivity contribution is 6.30. The van der Waals surface area contributed by atoms with E-state index in [4.69, 9.17) is 21.1 Å². The number of hydrogen-bond acceptors (Lipinski definition) is 7. The standard InChI is InChI=1S/C25H31ClN4O5/c1-24(2,15-34-5)25(29(3)4)28-21(20(23(32)33)30(25)17-10-8-7-9-11-17)27-22(31)18-13-12-16(26)14-19(18)35-6/h7-14,28H,15H2,1-6H3,(H,27,31)(H,32,33). The number of nitrogens with one attached hydrogen (secondary N) is 2. The van der Waals surface area contributed by atoms with Crippen LogP contribution in [0, 0.1) is 5.41 Å². The minimum absolute atomic E-state index is 0.0428. The van der Waals surface area contributed by atoms with Gasteiger partial charge in [0.2, 0.25) is 0 Å². The Bertz CT molecular complexity index is 1140. The second-order valence-electron chi connectivity index (χ2n) is 9.01. The zero-order chi connectivity index (χ0) is 26.0. The van der Waals surface area contributed by atoms with E-state index < -0.39 is 23.1 Å². The molecule has 2 aromatic rings. The molecule has 1 aliphatic rings. The summed E-state index contributed by atoms with van der Waals surface area (Å²) < 4.78 is 10.8. The number of carboxylic acid groups (broad SMARTS) is 1. The molecule has 0 aliphatic carbocycles. The molecule has 1 heterocycles. The fourth-order valence-corrected chi connectivity index (χ4v) is 4.80. The van der Waals surface area contributed by atoms with Crippen molar-refractivity contribution < 1.29 is 24.2 Å². The van der Waals surface area contributed by atoms with Gasteiger partial charge in [0.1, 0.15) is 11.6 Å². The van der Waals surface area contributed by atoms with E-state index >= 15 is 0 Å². The van der Waals surface area contributed by atoms with Crippen molar-refractivity contribution in [2.45, 2.75) is 19.6 Å². The summed E-state index contributed by atoms with van der Waals surface area (Å²) in [6, 6.07) is 13.8. The maximum Gasteiger partial charge on any atom is 0.356 e. The number of halogens is 1. The van der Waals surface area contributed by atoms with Crippen molar-refractivity contribution in [1.82, 2.24) is 15.5 Å². The number of ether oxygens (including phenoxy) is 2. The molecule has 3 N–H and O–H groups in total. The molecule has 1 unspecified atom stereocenters. The molecule has 35 heavy (non-hydrogen) atoms. The molecular weight excluding hydrogens is 472 g/mol.